The van der Waals surface area contributed by atoms with Gasteiger partial charge in [0.2, 0.25) is 0 Å². The fraction of sp³-hybridized carbons (Fsp3) is 0.467. The van der Waals surface area contributed by atoms with E-state index in [0.29, 0.717) is 31.2 Å². The number of phenols is 1. The molecule has 1 N–H and O–H groups in total. The Morgan fingerprint density at radius 3 is 2.53 bits per heavy atom. The van der Waals surface area contributed by atoms with Crippen LogP contribution in [0.5, 0.6) is 5.75 Å². The maximum Gasteiger partial charge on any atom is 0.257 e. The number of Topliss-reactive ketones (excluding diaryl/α,β-unsaturated/α-hetero) is 1. The summed E-state index contributed by atoms with van der Waals surface area (Å²) in [5.41, 5.74) is 1.24. The molecule has 1 aliphatic carbocycles. The molecule has 1 amide bonds. The Kier molecular flexibility index (Phi) is 3.88. The molecular formula is C15H19NO3. The summed E-state index contributed by atoms with van der Waals surface area (Å²) in [6, 6.07) is 5.14. The molecule has 1 aliphatic rings. The molecular weight excluding hydrogens is 242 g/mol. The predicted molar refractivity (Wildman–Crippen MR) is 72.2 cm³/mol. The van der Waals surface area contributed by atoms with Crippen molar-refractivity contribution in [1.82, 2.24) is 4.90 Å². The third-order valence-electron chi connectivity index (χ3n) is 3.76. The Labute approximate surface area is 113 Å². The fourth-order valence-electron chi connectivity index (χ4n) is 2.49. The summed E-state index contributed by atoms with van der Waals surface area (Å²) < 4.78 is 0. The highest BCUT2D eigenvalue weighted by molar-refractivity contribution is 5.97. The number of ketones is 1. The molecule has 1 fully saturated rings. The first kappa shape index (κ1) is 13.6. The first-order valence-corrected chi connectivity index (χ1v) is 6.57. The monoisotopic (exact) mass is 261 g/mol. The minimum absolute atomic E-state index is 0.0173. The van der Waals surface area contributed by atoms with Crippen LogP contribution in [0.15, 0.2) is 18.2 Å². The van der Waals surface area contributed by atoms with Crippen LogP contribution in [0.4, 0.5) is 0 Å². The number of aromatic hydroxyl groups is 1. The third-order valence-corrected chi connectivity index (χ3v) is 3.76. The van der Waals surface area contributed by atoms with Crippen LogP contribution in [0, 0.1) is 6.92 Å². The van der Waals surface area contributed by atoms with Gasteiger partial charge >= 0.3 is 0 Å². The Balaban J connectivity index is 2.12. The van der Waals surface area contributed by atoms with Crippen molar-refractivity contribution < 1.29 is 14.7 Å². The van der Waals surface area contributed by atoms with Crippen LogP contribution >= 0.6 is 0 Å². The fourth-order valence-corrected chi connectivity index (χ4v) is 2.49. The van der Waals surface area contributed by atoms with Gasteiger partial charge in [-0.3, -0.25) is 9.59 Å². The molecule has 0 aliphatic heterocycles. The number of phenolic OH excluding ortho intramolecular Hbond substituents is 1. The molecule has 0 radical (unpaired) electrons. The number of hydrogen-bond acceptors (Lipinski definition) is 3. The van der Waals surface area contributed by atoms with Crippen molar-refractivity contribution >= 4 is 11.7 Å². The van der Waals surface area contributed by atoms with Crippen molar-refractivity contribution in [3.63, 3.8) is 0 Å². The molecule has 1 aromatic rings. The number of nitrogens with zero attached hydrogens (tertiary/aromatic N) is 1. The molecule has 19 heavy (non-hydrogen) atoms. The number of amides is 1. The summed E-state index contributed by atoms with van der Waals surface area (Å²) in [7, 11) is 1.74. The van der Waals surface area contributed by atoms with Crippen molar-refractivity contribution in [1.29, 1.82) is 0 Å². The van der Waals surface area contributed by atoms with Gasteiger partial charge in [-0.05, 0) is 37.5 Å². The van der Waals surface area contributed by atoms with E-state index in [2.05, 4.69) is 0 Å². The SMILES string of the molecule is Cc1ccc(C(=O)N(C)C2CCC(=O)CC2)c(O)c1. The average Bonchev–Trinajstić information content (AvgIpc) is 2.38. The number of rotatable bonds is 2. The summed E-state index contributed by atoms with van der Waals surface area (Å²) in [5, 5.41) is 9.85. The first-order chi connectivity index (χ1) is 8.99. The van der Waals surface area contributed by atoms with Gasteiger partial charge in [-0.1, -0.05) is 6.07 Å². The maximum atomic E-state index is 12.3. The van der Waals surface area contributed by atoms with Crippen molar-refractivity contribution in [2.24, 2.45) is 0 Å². The minimum Gasteiger partial charge on any atom is -0.507 e. The molecule has 0 unspecified atom stereocenters. The van der Waals surface area contributed by atoms with E-state index < -0.39 is 0 Å². The van der Waals surface area contributed by atoms with Crippen molar-refractivity contribution in [3.05, 3.63) is 29.3 Å². The van der Waals surface area contributed by atoms with Gasteiger partial charge in [-0.2, -0.15) is 0 Å². The molecule has 4 heteroatoms. The van der Waals surface area contributed by atoms with E-state index in [4.69, 9.17) is 0 Å². The van der Waals surface area contributed by atoms with Crippen LogP contribution in [0.2, 0.25) is 0 Å². The highest BCUT2D eigenvalue weighted by atomic mass is 16.3. The standard InChI is InChI=1S/C15H19NO3/c1-10-3-8-13(14(18)9-10)15(19)16(2)11-4-6-12(17)7-5-11/h3,8-9,11,18H,4-7H2,1-2H3. The van der Waals surface area contributed by atoms with Gasteiger partial charge in [0.15, 0.2) is 0 Å². The molecule has 102 valence electrons. The predicted octanol–water partition coefficient (Wildman–Crippen LogP) is 2.28. The number of carbonyl (C=O) groups excluding carboxylic acids is 2. The Bertz CT molecular complexity index is 500. The van der Waals surface area contributed by atoms with E-state index >= 15 is 0 Å². The molecule has 0 atom stereocenters. The van der Waals surface area contributed by atoms with Crippen molar-refractivity contribution in [2.75, 3.05) is 7.05 Å². The quantitative estimate of drug-likeness (QED) is 0.888. The molecule has 1 aromatic carbocycles. The van der Waals surface area contributed by atoms with E-state index in [0.717, 1.165) is 5.56 Å². The summed E-state index contributed by atoms with van der Waals surface area (Å²) in [5.74, 6) is 0.107. The van der Waals surface area contributed by atoms with E-state index in [1.807, 2.05) is 13.0 Å². The van der Waals surface area contributed by atoms with E-state index in [9.17, 15) is 14.7 Å². The van der Waals surface area contributed by atoms with Gasteiger partial charge in [0.05, 0.1) is 5.56 Å². The van der Waals surface area contributed by atoms with Crippen LogP contribution in [-0.4, -0.2) is 34.8 Å². The zero-order chi connectivity index (χ0) is 14.0. The molecule has 0 bridgehead atoms. The first-order valence-electron chi connectivity index (χ1n) is 6.57. The topological polar surface area (TPSA) is 57.6 Å². The molecule has 0 spiro atoms. The second kappa shape index (κ2) is 5.43. The third kappa shape index (κ3) is 2.95. The van der Waals surface area contributed by atoms with Crippen LogP contribution in [0.25, 0.3) is 0 Å². The molecule has 1 saturated carbocycles. The normalized spacial score (nSPS) is 16.4. The van der Waals surface area contributed by atoms with Crippen molar-refractivity contribution in [2.45, 2.75) is 38.6 Å². The number of aryl methyl sites for hydroxylation is 1. The van der Waals surface area contributed by atoms with Crippen LogP contribution in [0.1, 0.15) is 41.6 Å². The molecule has 4 nitrogen and oxygen atoms in total. The van der Waals surface area contributed by atoms with Crippen LogP contribution < -0.4 is 0 Å². The molecule has 0 heterocycles. The van der Waals surface area contributed by atoms with E-state index in [-0.39, 0.29) is 23.5 Å². The summed E-state index contributed by atoms with van der Waals surface area (Å²) in [6.45, 7) is 1.87. The van der Waals surface area contributed by atoms with Crippen LogP contribution in [0.3, 0.4) is 0 Å². The smallest absolute Gasteiger partial charge is 0.257 e. The highest BCUT2D eigenvalue weighted by Crippen LogP contribution is 2.24. The Morgan fingerprint density at radius 2 is 1.95 bits per heavy atom. The summed E-state index contributed by atoms with van der Waals surface area (Å²) >= 11 is 0. The van der Waals surface area contributed by atoms with Gasteiger partial charge in [-0.15, -0.1) is 0 Å². The summed E-state index contributed by atoms with van der Waals surface area (Å²) in [6.07, 6.45) is 2.52. The second-order valence-electron chi connectivity index (χ2n) is 5.21. The average molecular weight is 261 g/mol. The van der Waals surface area contributed by atoms with Crippen LogP contribution in [-0.2, 0) is 4.79 Å². The molecule has 0 saturated heterocycles. The number of benzene rings is 1. The molecule has 0 aromatic heterocycles. The number of hydrogen-bond donors (Lipinski definition) is 1. The Hall–Kier alpha value is -1.84. The lowest BCUT2D eigenvalue weighted by molar-refractivity contribution is -0.121. The van der Waals surface area contributed by atoms with Crippen molar-refractivity contribution in [3.8, 4) is 5.75 Å². The van der Waals surface area contributed by atoms with Gasteiger partial charge in [-0.25, -0.2) is 0 Å². The second-order valence-corrected chi connectivity index (χ2v) is 5.21. The minimum atomic E-state index is -0.183. The largest absolute Gasteiger partial charge is 0.507 e. The van der Waals surface area contributed by atoms with Gasteiger partial charge in [0.25, 0.3) is 5.91 Å². The van der Waals surface area contributed by atoms with Gasteiger partial charge in [0, 0.05) is 25.9 Å². The number of carbonyl (C=O) groups is 2. The maximum absolute atomic E-state index is 12.3. The molecule has 2 rings (SSSR count). The zero-order valence-electron chi connectivity index (χ0n) is 11.3. The highest BCUT2D eigenvalue weighted by Gasteiger charge is 2.26. The zero-order valence-corrected chi connectivity index (χ0v) is 11.3. The lowest BCUT2D eigenvalue weighted by atomic mass is 9.93. The lowest BCUT2D eigenvalue weighted by Gasteiger charge is -2.31. The lowest BCUT2D eigenvalue weighted by Crippen LogP contribution is -2.39. The van der Waals surface area contributed by atoms with E-state index in [1.165, 1.54) is 0 Å². The van der Waals surface area contributed by atoms with E-state index in [1.54, 1.807) is 24.1 Å². The van der Waals surface area contributed by atoms with Gasteiger partial charge < -0.3 is 10.0 Å². The van der Waals surface area contributed by atoms with Gasteiger partial charge in [0.1, 0.15) is 11.5 Å². The summed E-state index contributed by atoms with van der Waals surface area (Å²) in [4.78, 5) is 25.2. The Morgan fingerprint density at radius 1 is 1.32 bits per heavy atom.